The average Bonchev–Trinajstić information content (AvgIpc) is 3.12. The second-order valence-corrected chi connectivity index (χ2v) is 7.03. The number of fused-ring (bicyclic) bond motifs is 3. The van der Waals surface area contributed by atoms with Crippen molar-refractivity contribution in [2.45, 2.75) is 45.3 Å². The van der Waals surface area contributed by atoms with E-state index in [0.717, 1.165) is 24.8 Å². The van der Waals surface area contributed by atoms with Gasteiger partial charge in [-0.05, 0) is 40.7 Å². The van der Waals surface area contributed by atoms with Crippen molar-refractivity contribution in [2.75, 3.05) is 0 Å². The maximum atomic E-state index is 12.6. The fraction of sp³-hybridized carbons (Fsp3) is 0.348. The molecule has 2 heteroatoms. The molecule has 2 nitrogen and oxygen atoms in total. The van der Waals surface area contributed by atoms with Crippen molar-refractivity contribution < 1.29 is 9.53 Å². The number of unbranched alkanes of at least 4 members (excludes halogenated alkanes) is 1. The Hall–Kier alpha value is -2.19. The predicted molar refractivity (Wildman–Crippen MR) is 100.0 cm³/mol. The highest BCUT2D eigenvalue weighted by Gasteiger charge is 2.44. The second-order valence-electron chi connectivity index (χ2n) is 7.03. The Morgan fingerprint density at radius 1 is 1.04 bits per heavy atom. The summed E-state index contributed by atoms with van der Waals surface area (Å²) in [5.41, 5.74) is 5.99. The molecular formula is C23H24O2. The molecule has 4 rings (SSSR count). The van der Waals surface area contributed by atoms with Crippen molar-refractivity contribution in [1.29, 1.82) is 0 Å². The van der Waals surface area contributed by atoms with Gasteiger partial charge in [0.1, 0.15) is 0 Å². The Bertz CT molecular complexity index is 804. The molecule has 0 aliphatic heterocycles. The van der Waals surface area contributed by atoms with E-state index < -0.39 is 0 Å². The third-order valence-corrected chi connectivity index (χ3v) is 5.41. The fourth-order valence-corrected chi connectivity index (χ4v) is 4.22. The van der Waals surface area contributed by atoms with E-state index in [1.54, 1.807) is 0 Å². The number of carbonyl (C=O) groups excluding carboxylic acids is 1. The minimum Gasteiger partial charge on any atom is -0.368 e. The molecule has 2 aliphatic carbocycles. The Morgan fingerprint density at radius 2 is 1.80 bits per heavy atom. The number of allylic oxidation sites excluding steroid dienone is 1. The van der Waals surface area contributed by atoms with E-state index in [4.69, 9.17) is 4.74 Å². The predicted octanol–water partition coefficient (Wildman–Crippen LogP) is 5.49. The van der Waals surface area contributed by atoms with Crippen LogP contribution in [0.5, 0.6) is 0 Å². The largest absolute Gasteiger partial charge is 0.368 e. The zero-order chi connectivity index (χ0) is 17.2. The van der Waals surface area contributed by atoms with Crippen LogP contribution in [-0.4, -0.2) is 5.78 Å². The van der Waals surface area contributed by atoms with Gasteiger partial charge in [-0.3, -0.25) is 4.79 Å². The number of benzene rings is 2. The van der Waals surface area contributed by atoms with E-state index in [1.807, 2.05) is 18.2 Å². The van der Waals surface area contributed by atoms with Crippen LogP contribution in [0.4, 0.5) is 0 Å². The molecule has 0 spiro atoms. The van der Waals surface area contributed by atoms with Gasteiger partial charge < -0.3 is 4.74 Å². The summed E-state index contributed by atoms with van der Waals surface area (Å²) in [5.74, 6) is 0.525. The third kappa shape index (κ3) is 2.96. The van der Waals surface area contributed by atoms with Gasteiger partial charge in [0.15, 0.2) is 5.78 Å². The first-order valence-electron chi connectivity index (χ1n) is 9.30. The molecule has 0 radical (unpaired) electrons. The summed E-state index contributed by atoms with van der Waals surface area (Å²) in [6.45, 7) is 2.76. The number of Topliss-reactive ketones (excluding diaryl/α,β-unsaturated/α-hetero) is 1. The normalized spacial score (nSPS) is 21.6. The molecule has 2 atom stereocenters. The molecule has 0 amide bonds. The molecule has 0 heterocycles. The molecule has 0 saturated carbocycles. The van der Waals surface area contributed by atoms with Crippen LogP contribution in [0.3, 0.4) is 0 Å². The van der Waals surface area contributed by atoms with Crippen molar-refractivity contribution in [2.24, 2.45) is 5.92 Å². The summed E-state index contributed by atoms with van der Waals surface area (Å²) in [4.78, 5) is 12.6. The van der Waals surface area contributed by atoms with E-state index in [2.05, 4.69) is 43.3 Å². The second kappa shape index (κ2) is 6.97. The number of hydrogen-bond acceptors (Lipinski definition) is 2. The first-order valence-corrected chi connectivity index (χ1v) is 9.30. The summed E-state index contributed by atoms with van der Waals surface area (Å²) in [6, 6.07) is 18.7. The van der Waals surface area contributed by atoms with Gasteiger partial charge in [-0.15, -0.1) is 0 Å². The van der Waals surface area contributed by atoms with Crippen LogP contribution in [0.2, 0.25) is 0 Å². The van der Waals surface area contributed by atoms with Crippen LogP contribution in [0.15, 0.2) is 60.2 Å². The van der Waals surface area contributed by atoms with Gasteiger partial charge in [0.05, 0.1) is 12.7 Å². The molecule has 2 aromatic rings. The molecule has 0 N–H and O–H groups in total. The SMILES string of the molecule is CCCCC1=C2c3ccccc3[C@H](OCc3ccccc3)C2CC1=O. The molecular weight excluding hydrogens is 308 g/mol. The van der Waals surface area contributed by atoms with Crippen LogP contribution < -0.4 is 0 Å². The molecule has 2 aromatic carbocycles. The maximum absolute atomic E-state index is 12.6. The minimum absolute atomic E-state index is 0.00511. The number of hydrogen-bond donors (Lipinski definition) is 0. The Kier molecular flexibility index (Phi) is 4.54. The highest BCUT2D eigenvalue weighted by atomic mass is 16.5. The lowest BCUT2D eigenvalue weighted by Gasteiger charge is -2.19. The fourth-order valence-electron chi connectivity index (χ4n) is 4.22. The molecule has 0 saturated heterocycles. The van der Waals surface area contributed by atoms with Gasteiger partial charge >= 0.3 is 0 Å². The van der Waals surface area contributed by atoms with Crippen molar-refractivity contribution in [1.82, 2.24) is 0 Å². The maximum Gasteiger partial charge on any atom is 0.159 e. The highest BCUT2D eigenvalue weighted by Crippen LogP contribution is 2.54. The van der Waals surface area contributed by atoms with Crippen LogP contribution >= 0.6 is 0 Å². The van der Waals surface area contributed by atoms with E-state index >= 15 is 0 Å². The minimum atomic E-state index is -0.00511. The first kappa shape index (κ1) is 16.3. The Balaban J connectivity index is 1.66. The van der Waals surface area contributed by atoms with Gasteiger partial charge in [-0.1, -0.05) is 67.9 Å². The van der Waals surface area contributed by atoms with Gasteiger partial charge in [0.2, 0.25) is 0 Å². The van der Waals surface area contributed by atoms with Gasteiger partial charge in [0, 0.05) is 12.3 Å². The highest BCUT2D eigenvalue weighted by molar-refractivity contribution is 6.09. The molecule has 0 fully saturated rings. The zero-order valence-electron chi connectivity index (χ0n) is 14.7. The quantitative estimate of drug-likeness (QED) is 0.699. The molecule has 0 bridgehead atoms. The molecule has 25 heavy (non-hydrogen) atoms. The van der Waals surface area contributed by atoms with Crippen molar-refractivity contribution in [3.05, 3.63) is 76.9 Å². The first-order chi connectivity index (χ1) is 12.3. The lowest BCUT2D eigenvalue weighted by molar-refractivity contribution is -0.116. The van der Waals surface area contributed by atoms with Crippen LogP contribution in [-0.2, 0) is 16.1 Å². The number of rotatable bonds is 6. The number of carbonyl (C=O) groups is 1. The zero-order valence-corrected chi connectivity index (χ0v) is 14.7. The number of ketones is 1. The van der Waals surface area contributed by atoms with E-state index in [0.29, 0.717) is 18.8 Å². The van der Waals surface area contributed by atoms with Crippen LogP contribution in [0, 0.1) is 5.92 Å². The standard InChI is InChI=1S/C23H24O2/c1-2-3-11-19-21(24)14-20-22(19)17-12-7-8-13-18(17)23(20)25-15-16-9-5-4-6-10-16/h4-10,12-13,20,23H,2-3,11,14-15H2,1H3/t20?,23-/m0/s1. The monoisotopic (exact) mass is 332 g/mol. The van der Waals surface area contributed by atoms with Crippen molar-refractivity contribution >= 4 is 11.4 Å². The Labute approximate surface area is 149 Å². The molecule has 1 unspecified atom stereocenters. The van der Waals surface area contributed by atoms with E-state index in [1.165, 1.54) is 22.3 Å². The van der Waals surface area contributed by atoms with E-state index in [9.17, 15) is 4.79 Å². The summed E-state index contributed by atoms with van der Waals surface area (Å²) in [7, 11) is 0. The smallest absolute Gasteiger partial charge is 0.159 e. The third-order valence-electron chi connectivity index (χ3n) is 5.41. The summed E-state index contributed by atoms with van der Waals surface area (Å²) < 4.78 is 6.34. The van der Waals surface area contributed by atoms with Crippen molar-refractivity contribution in [3.8, 4) is 0 Å². The lowest BCUT2D eigenvalue weighted by atomic mass is 9.98. The summed E-state index contributed by atoms with van der Waals surface area (Å²) >= 11 is 0. The topological polar surface area (TPSA) is 26.3 Å². The van der Waals surface area contributed by atoms with Crippen molar-refractivity contribution in [3.63, 3.8) is 0 Å². The lowest BCUT2D eigenvalue weighted by Crippen LogP contribution is -2.11. The van der Waals surface area contributed by atoms with Gasteiger partial charge in [-0.2, -0.15) is 0 Å². The Morgan fingerprint density at radius 3 is 2.60 bits per heavy atom. The van der Waals surface area contributed by atoms with Gasteiger partial charge in [-0.25, -0.2) is 0 Å². The molecule has 0 aromatic heterocycles. The number of ether oxygens (including phenoxy) is 1. The van der Waals surface area contributed by atoms with Crippen LogP contribution in [0.25, 0.3) is 5.57 Å². The molecule has 2 aliphatic rings. The van der Waals surface area contributed by atoms with Gasteiger partial charge in [0.25, 0.3) is 0 Å². The van der Waals surface area contributed by atoms with E-state index in [-0.39, 0.29) is 12.0 Å². The molecule has 128 valence electrons. The van der Waals surface area contributed by atoms with Crippen LogP contribution in [0.1, 0.15) is 55.4 Å². The summed E-state index contributed by atoms with van der Waals surface area (Å²) in [6.07, 6.45) is 3.69. The summed E-state index contributed by atoms with van der Waals surface area (Å²) in [5, 5.41) is 0. The average molecular weight is 332 g/mol.